The van der Waals surface area contributed by atoms with Gasteiger partial charge < -0.3 is 10.1 Å². The molecule has 15 heavy (non-hydrogen) atoms. The molecule has 1 aliphatic heterocycles. The van der Waals surface area contributed by atoms with Crippen LogP contribution in [-0.4, -0.2) is 24.2 Å². The van der Waals surface area contributed by atoms with Crippen LogP contribution in [0.5, 0.6) is 0 Å². The molecule has 2 rings (SSSR count). The highest BCUT2D eigenvalue weighted by molar-refractivity contribution is 7.09. The molecule has 0 aliphatic carbocycles. The van der Waals surface area contributed by atoms with Gasteiger partial charge in [-0.05, 0) is 27.3 Å². The summed E-state index contributed by atoms with van der Waals surface area (Å²) in [5, 5.41) is 6.66. The van der Waals surface area contributed by atoms with E-state index in [4.69, 9.17) is 4.74 Å². The maximum atomic E-state index is 5.76. The van der Waals surface area contributed by atoms with E-state index in [1.807, 2.05) is 18.6 Å². The van der Waals surface area contributed by atoms with E-state index in [0.29, 0.717) is 0 Å². The summed E-state index contributed by atoms with van der Waals surface area (Å²) in [6.45, 7) is 5.09. The minimum atomic E-state index is -0.0626. The number of ether oxygens (including phenoxy) is 1. The molecule has 0 saturated carbocycles. The lowest BCUT2D eigenvalue weighted by Gasteiger charge is -2.43. The molecule has 1 saturated heterocycles. The average molecular weight is 226 g/mol. The fraction of sp³-hybridized carbons (Fsp3) is 0.727. The molecule has 0 aromatic carbocycles. The van der Waals surface area contributed by atoms with Crippen LogP contribution in [-0.2, 0) is 10.3 Å². The van der Waals surface area contributed by atoms with Crippen molar-refractivity contribution in [2.75, 3.05) is 13.7 Å². The highest BCUT2D eigenvalue weighted by Crippen LogP contribution is 2.39. The van der Waals surface area contributed by atoms with Crippen LogP contribution in [0.3, 0.4) is 0 Å². The smallest absolute Gasteiger partial charge is 0.113 e. The zero-order valence-electron chi connectivity index (χ0n) is 9.54. The molecule has 0 spiro atoms. The summed E-state index contributed by atoms with van der Waals surface area (Å²) in [6, 6.07) is 0. The van der Waals surface area contributed by atoms with E-state index >= 15 is 0 Å². The number of hydrogen-bond acceptors (Lipinski definition) is 4. The van der Waals surface area contributed by atoms with E-state index in [1.54, 1.807) is 11.3 Å². The SMILES string of the molecule is CNC1(c2nccs2)CCOC(C)(C)C1. The molecule has 0 bridgehead atoms. The van der Waals surface area contributed by atoms with Gasteiger partial charge in [0.2, 0.25) is 0 Å². The summed E-state index contributed by atoms with van der Waals surface area (Å²) in [6.07, 6.45) is 3.85. The Balaban J connectivity index is 2.29. The second-order valence-electron chi connectivity index (χ2n) is 4.70. The summed E-state index contributed by atoms with van der Waals surface area (Å²) >= 11 is 1.72. The Morgan fingerprint density at radius 1 is 1.53 bits per heavy atom. The van der Waals surface area contributed by atoms with Crippen LogP contribution in [0.15, 0.2) is 11.6 Å². The molecule has 4 heteroatoms. The predicted molar refractivity (Wildman–Crippen MR) is 62.1 cm³/mol. The summed E-state index contributed by atoms with van der Waals surface area (Å²) in [7, 11) is 2.02. The minimum Gasteiger partial charge on any atom is -0.375 e. The van der Waals surface area contributed by atoms with E-state index in [-0.39, 0.29) is 11.1 Å². The lowest BCUT2D eigenvalue weighted by Crippen LogP contribution is -2.51. The van der Waals surface area contributed by atoms with Gasteiger partial charge >= 0.3 is 0 Å². The van der Waals surface area contributed by atoms with Crippen LogP contribution < -0.4 is 5.32 Å². The molecule has 1 fully saturated rings. The van der Waals surface area contributed by atoms with Gasteiger partial charge in [-0.3, -0.25) is 0 Å². The number of aromatic nitrogens is 1. The van der Waals surface area contributed by atoms with Gasteiger partial charge in [0.25, 0.3) is 0 Å². The highest BCUT2D eigenvalue weighted by atomic mass is 32.1. The molecule has 1 aromatic heterocycles. The Kier molecular flexibility index (Phi) is 2.83. The van der Waals surface area contributed by atoms with Crippen molar-refractivity contribution in [1.29, 1.82) is 0 Å². The summed E-state index contributed by atoms with van der Waals surface area (Å²) in [4.78, 5) is 4.45. The summed E-state index contributed by atoms with van der Waals surface area (Å²) in [5.41, 5.74) is -0.0527. The standard InChI is InChI=1S/C11H18N2OS/c1-10(2)8-11(12-3,4-6-14-10)9-13-5-7-15-9/h5,7,12H,4,6,8H2,1-3H3. The topological polar surface area (TPSA) is 34.2 Å². The van der Waals surface area contributed by atoms with Crippen molar-refractivity contribution in [1.82, 2.24) is 10.3 Å². The van der Waals surface area contributed by atoms with Gasteiger partial charge in [0, 0.05) is 24.6 Å². The Hall–Kier alpha value is -0.450. The molecule has 1 aliphatic rings. The Labute approximate surface area is 94.9 Å². The second-order valence-corrected chi connectivity index (χ2v) is 5.60. The highest BCUT2D eigenvalue weighted by Gasteiger charge is 2.42. The zero-order valence-corrected chi connectivity index (χ0v) is 10.4. The van der Waals surface area contributed by atoms with E-state index in [9.17, 15) is 0 Å². The third kappa shape index (κ3) is 2.07. The third-order valence-corrected chi connectivity index (χ3v) is 4.05. The van der Waals surface area contributed by atoms with Crippen LogP contribution in [0.25, 0.3) is 0 Å². The van der Waals surface area contributed by atoms with Gasteiger partial charge in [-0.25, -0.2) is 4.98 Å². The lowest BCUT2D eigenvalue weighted by molar-refractivity contribution is -0.0883. The third-order valence-electron chi connectivity index (χ3n) is 3.07. The molecule has 1 unspecified atom stereocenters. The van der Waals surface area contributed by atoms with Crippen LogP contribution >= 0.6 is 11.3 Å². The number of nitrogens with zero attached hydrogens (tertiary/aromatic N) is 1. The molecule has 2 heterocycles. The molecule has 0 amide bonds. The maximum absolute atomic E-state index is 5.76. The molecule has 1 aromatic rings. The first kappa shape index (κ1) is 11.0. The molecule has 1 atom stereocenters. The first-order valence-corrected chi connectivity index (χ1v) is 6.19. The largest absolute Gasteiger partial charge is 0.375 e. The first-order valence-electron chi connectivity index (χ1n) is 5.31. The predicted octanol–water partition coefficient (Wildman–Crippen LogP) is 2.15. The molecular formula is C11H18N2OS. The van der Waals surface area contributed by atoms with Crippen molar-refractivity contribution in [2.45, 2.75) is 37.8 Å². The lowest BCUT2D eigenvalue weighted by atomic mass is 9.82. The monoisotopic (exact) mass is 226 g/mol. The van der Waals surface area contributed by atoms with E-state index in [2.05, 4.69) is 24.1 Å². The van der Waals surface area contributed by atoms with Gasteiger partial charge in [-0.2, -0.15) is 0 Å². The van der Waals surface area contributed by atoms with E-state index in [1.165, 1.54) is 5.01 Å². The zero-order chi connectivity index (χ0) is 10.9. The number of rotatable bonds is 2. The number of hydrogen-bond donors (Lipinski definition) is 1. The number of thiazole rings is 1. The molecule has 84 valence electrons. The second kappa shape index (κ2) is 3.85. The average Bonchev–Trinajstić information content (AvgIpc) is 2.69. The van der Waals surface area contributed by atoms with E-state index in [0.717, 1.165) is 19.4 Å². The van der Waals surface area contributed by atoms with Gasteiger partial charge in [0.05, 0.1) is 11.1 Å². The maximum Gasteiger partial charge on any atom is 0.113 e. The van der Waals surface area contributed by atoms with Crippen molar-refractivity contribution >= 4 is 11.3 Å². The Bertz CT molecular complexity index is 323. The molecule has 3 nitrogen and oxygen atoms in total. The van der Waals surface area contributed by atoms with Crippen LogP contribution in [0, 0.1) is 0 Å². The van der Waals surface area contributed by atoms with Crippen molar-refractivity contribution in [2.24, 2.45) is 0 Å². The summed E-state index contributed by atoms with van der Waals surface area (Å²) in [5.74, 6) is 0. The quantitative estimate of drug-likeness (QED) is 0.839. The van der Waals surface area contributed by atoms with Gasteiger partial charge in [-0.15, -0.1) is 11.3 Å². The Morgan fingerprint density at radius 3 is 2.87 bits per heavy atom. The first-order chi connectivity index (χ1) is 7.08. The normalized spacial score (nSPS) is 30.3. The fourth-order valence-electron chi connectivity index (χ4n) is 2.33. The van der Waals surface area contributed by atoms with Gasteiger partial charge in [0.15, 0.2) is 0 Å². The minimum absolute atomic E-state index is 0.00984. The van der Waals surface area contributed by atoms with Crippen LogP contribution in [0.1, 0.15) is 31.7 Å². The molecule has 0 radical (unpaired) electrons. The Morgan fingerprint density at radius 2 is 2.33 bits per heavy atom. The van der Waals surface area contributed by atoms with Crippen molar-refractivity contribution in [3.63, 3.8) is 0 Å². The van der Waals surface area contributed by atoms with E-state index < -0.39 is 0 Å². The fourth-order valence-corrected chi connectivity index (χ4v) is 3.20. The van der Waals surface area contributed by atoms with Crippen LogP contribution in [0.4, 0.5) is 0 Å². The summed E-state index contributed by atoms with van der Waals surface area (Å²) < 4.78 is 5.76. The molecule has 1 N–H and O–H groups in total. The van der Waals surface area contributed by atoms with Gasteiger partial charge in [0.1, 0.15) is 5.01 Å². The van der Waals surface area contributed by atoms with Gasteiger partial charge in [-0.1, -0.05) is 0 Å². The number of nitrogens with one attached hydrogen (secondary N) is 1. The molecular weight excluding hydrogens is 208 g/mol. The van der Waals surface area contributed by atoms with Crippen molar-refractivity contribution in [3.8, 4) is 0 Å². The van der Waals surface area contributed by atoms with Crippen molar-refractivity contribution in [3.05, 3.63) is 16.6 Å². The van der Waals surface area contributed by atoms with Crippen molar-refractivity contribution < 1.29 is 4.74 Å². The van der Waals surface area contributed by atoms with Crippen LogP contribution in [0.2, 0.25) is 0 Å².